The Labute approximate surface area is 194 Å². The molecule has 0 N–H and O–H groups in total. The minimum absolute atomic E-state index is 0.0724. The fourth-order valence-corrected chi connectivity index (χ4v) is 5.92. The van der Waals surface area contributed by atoms with Crippen LogP contribution in [-0.2, 0) is 17.8 Å². The molecule has 0 saturated heterocycles. The standard InChI is InChI=1S/C24H23N5O3S/c1-12(2)18(29-22(30)13-7-5-6-8-14(13)23(29)31)19-26-20-17-15-9-24(3,4)32-10-16(15)33-21(17)25-11-28(20)27-19/h5-8,11-12,18H,9-10H2,1-4H3. The molecular formula is C24H23N5O3S. The van der Waals surface area contributed by atoms with E-state index in [0.717, 1.165) is 21.5 Å². The molecular weight excluding hydrogens is 438 g/mol. The smallest absolute Gasteiger partial charge is 0.262 e. The summed E-state index contributed by atoms with van der Waals surface area (Å²) < 4.78 is 7.66. The van der Waals surface area contributed by atoms with Crippen LogP contribution in [0.25, 0.3) is 15.9 Å². The first-order valence-electron chi connectivity index (χ1n) is 11.0. The van der Waals surface area contributed by atoms with Crippen LogP contribution in [0, 0.1) is 5.92 Å². The summed E-state index contributed by atoms with van der Waals surface area (Å²) in [6.45, 7) is 8.67. The van der Waals surface area contributed by atoms with E-state index in [0.29, 0.717) is 29.2 Å². The fourth-order valence-electron chi connectivity index (χ4n) is 4.86. The van der Waals surface area contributed by atoms with Crippen LogP contribution in [0.5, 0.6) is 0 Å². The van der Waals surface area contributed by atoms with Crippen molar-refractivity contribution in [1.29, 1.82) is 0 Å². The molecule has 2 aliphatic rings. The van der Waals surface area contributed by atoms with Crippen LogP contribution >= 0.6 is 11.3 Å². The third kappa shape index (κ3) is 2.95. The van der Waals surface area contributed by atoms with Crippen molar-refractivity contribution in [2.24, 2.45) is 5.92 Å². The predicted octanol–water partition coefficient (Wildman–Crippen LogP) is 4.18. The molecule has 8 nitrogen and oxygen atoms in total. The van der Waals surface area contributed by atoms with Gasteiger partial charge in [0.05, 0.1) is 28.7 Å². The zero-order valence-electron chi connectivity index (χ0n) is 18.8. The number of rotatable bonds is 3. The molecule has 1 aromatic carbocycles. The van der Waals surface area contributed by atoms with Crippen LogP contribution in [0.1, 0.15) is 70.7 Å². The molecule has 0 spiro atoms. The summed E-state index contributed by atoms with van der Waals surface area (Å²) in [5.74, 6) is -0.233. The van der Waals surface area contributed by atoms with Gasteiger partial charge in [-0.15, -0.1) is 16.4 Å². The highest BCUT2D eigenvalue weighted by atomic mass is 32.1. The van der Waals surface area contributed by atoms with Crippen molar-refractivity contribution >= 4 is 39.0 Å². The van der Waals surface area contributed by atoms with Crippen LogP contribution in [0.3, 0.4) is 0 Å². The molecule has 4 aromatic rings. The zero-order valence-corrected chi connectivity index (χ0v) is 19.6. The van der Waals surface area contributed by atoms with Crippen molar-refractivity contribution in [3.05, 3.63) is 58.0 Å². The van der Waals surface area contributed by atoms with Gasteiger partial charge >= 0.3 is 0 Å². The number of thiophene rings is 1. The van der Waals surface area contributed by atoms with E-state index in [4.69, 9.17) is 14.8 Å². The summed E-state index contributed by atoms with van der Waals surface area (Å²) in [6, 6.07) is 6.35. The summed E-state index contributed by atoms with van der Waals surface area (Å²) in [4.78, 5) is 39.3. The molecule has 6 rings (SSSR count). The molecule has 5 heterocycles. The zero-order chi connectivity index (χ0) is 23.1. The summed E-state index contributed by atoms with van der Waals surface area (Å²) in [7, 11) is 0. The second-order valence-corrected chi connectivity index (χ2v) is 10.7. The SMILES string of the molecule is CC(C)C(c1nc2c3c4c(sc3ncn2n1)COC(C)(C)C4)N1C(=O)c2ccccc2C1=O. The van der Waals surface area contributed by atoms with Crippen LogP contribution in [-0.4, -0.2) is 41.9 Å². The van der Waals surface area contributed by atoms with Crippen molar-refractivity contribution < 1.29 is 14.3 Å². The van der Waals surface area contributed by atoms with Gasteiger partial charge in [-0.2, -0.15) is 0 Å². The van der Waals surface area contributed by atoms with E-state index in [9.17, 15) is 9.59 Å². The maximum absolute atomic E-state index is 13.2. The number of ether oxygens (including phenoxy) is 1. The highest BCUT2D eigenvalue weighted by molar-refractivity contribution is 7.19. The van der Waals surface area contributed by atoms with E-state index in [1.807, 2.05) is 13.8 Å². The van der Waals surface area contributed by atoms with Crippen LogP contribution in [0.2, 0.25) is 0 Å². The van der Waals surface area contributed by atoms with Gasteiger partial charge in [0, 0.05) is 11.3 Å². The lowest BCUT2D eigenvalue weighted by molar-refractivity contribution is -0.0379. The van der Waals surface area contributed by atoms with Gasteiger partial charge in [0.25, 0.3) is 11.8 Å². The first-order chi connectivity index (χ1) is 15.7. The van der Waals surface area contributed by atoms with Gasteiger partial charge in [-0.1, -0.05) is 26.0 Å². The molecule has 9 heteroatoms. The van der Waals surface area contributed by atoms with Crippen LogP contribution in [0.4, 0.5) is 0 Å². The Hall–Kier alpha value is -3.17. The summed E-state index contributed by atoms with van der Waals surface area (Å²) in [5, 5.41) is 5.68. The lowest BCUT2D eigenvalue weighted by atomic mass is 9.94. The molecule has 168 valence electrons. The molecule has 3 aromatic heterocycles. The van der Waals surface area contributed by atoms with Crippen molar-refractivity contribution in [3.63, 3.8) is 0 Å². The molecule has 0 bridgehead atoms. The Morgan fingerprint density at radius 1 is 1.12 bits per heavy atom. The molecule has 33 heavy (non-hydrogen) atoms. The monoisotopic (exact) mass is 461 g/mol. The average molecular weight is 462 g/mol. The first kappa shape index (κ1) is 20.4. The Kier molecular flexibility index (Phi) is 4.28. The number of hydrogen-bond donors (Lipinski definition) is 0. The van der Waals surface area contributed by atoms with E-state index < -0.39 is 6.04 Å². The molecule has 2 amide bonds. The van der Waals surface area contributed by atoms with E-state index in [1.165, 1.54) is 10.5 Å². The summed E-state index contributed by atoms with van der Waals surface area (Å²) >= 11 is 1.62. The van der Waals surface area contributed by atoms with Gasteiger partial charge in [-0.3, -0.25) is 14.5 Å². The lowest BCUT2D eigenvalue weighted by Crippen LogP contribution is -2.37. The Balaban J connectivity index is 1.51. The Morgan fingerprint density at radius 3 is 2.48 bits per heavy atom. The topological polar surface area (TPSA) is 89.7 Å². The van der Waals surface area contributed by atoms with E-state index in [1.54, 1.807) is 46.4 Å². The maximum atomic E-state index is 13.2. The fraction of sp³-hybridized carbons (Fsp3) is 0.375. The molecule has 1 atom stereocenters. The van der Waals surface area contributed by atoms with Gasteiger partial charge in [0.1, 0.15) is 17.2 Å². The van der Waals surface area contributed by atoms with Gasteiger partial charge in [-0.25, -0.2) is 14.5 Å². The first-order valence-corrected chi connectivity index (χ1v) is 11.8. The Bertz CT molecular complexity index is 1430. The van der Waals surface area contributed by atoms with Gasteiger partial charge in [0.2, 0.25) is 0 Å². The number of carbonyl (C=O) groups excluding carboxylic acids is 2. The number of carbonyl (C=O) groups is 2. The number of hydrogen-bond acceptors (Lipinski definition) is 7. The van der Waals surface area contributed by atoms with Crippen molar-refractivity contribution in [1.82, 2.24) is 24.5 Å². The molecule has 0 radical (unpaired) electrons. The minimum Gasteiger partial charge on any atom is -0.370 e. The lowest BCUT2D eigenvalue weighted by Gasteiger charge is -2.30. The number of benzene rings is 1. The number of fused-ring (bicyclic) bond motifs is 6. The number of aromatic nitrogens is 4. The summed E-state index contributed by atoms with van der Waals surface area (Å²) in [5.41, 5.74) is 2.49. The number of nitrogens with zero attached hydrogens (tertiary/aromatic N) is 5. The maximum Gasteiger partial charge on any atom is 0.262 e. The van der Waals surface area contributed by atoms with E-state index in [-0.39, 0.29) is 23.3 Å². The normalized spacial score (nSPS) is 18.4. The van der Waals surface area contributed by atoms with Crippen molar-refractivity contribution in [2.75, 3.05) is 0 Å². The van der Waals surface area contributed by atoms with E-state index >= 15 is 0 Å². The van der Waals surface area contributed by atoms with Gasteiger partial charge < -0.3 is 4.74 Å². The second-order valence-electron chi connectivity index (χ2n) is 9.61. The minimum atomic E-state index is -0.582. The van der Waals surface area contributed by atoms with Gasteiger partial charge in [0.15, 0.2) is 11.5 Å². The molecule has 0 fully saturated rings. The van der Waals surface area contributed by atoms with Crippen molar-refractivity contribution in [3.8, 4) is 0 Å². The third-order valence-corrected chi connectivity index (χ3v) is 7.54. The quantitative estimate of drug-likeness (QED) is 0.425. The predicted molar refractivity (Wildman–Crippen MR) is 123 cm³/mol. The van der Waals surface area contributed by atoms with E-state index in [2.05, 4.69) is 18.8 Å². The number of amides is 2. The van der Waals surface area contributed by atoms with Crippen LogP contribution in [0.15, 0.2) is 30.6 Å². The molecule has 1 unspecified atom stereocenters. The molecule has 0 saturated carbocycles. The van der Waals surface area contributed by atoms with Gasteiger partial charge in [-0.05, 0) is 37.5 Å². The van der Waals surface area contributed by atoms with Crippen molar-refractivity contribution in [2.45, 2.75) is 52.4 Å². The van der Waals surface area contributed by atoms with Crippen LogP contribution < -0.4 is 0 Å². The molecule has 2 aliphatic heterocycles. The third-order valence-electron chi connectivity index (χ3n) is 6.42. The second kappa shape index (κ2) is 6.91. The average Bonchev–Trinajstić information content (AvgIpc) is 3.42. The number of imide groups is 1. The highest BCUT2D eigenvalue weighted by Crippen LogP contribution is 2.40. The molecule has 0 aliphatic carbocycles. The largest absolute Gasteiger partial charge is 0.370 e. The summed E-state index contributed by atoms with van der Waals surface area (Å²) in [6.07, 6.45) is 2.42. The Morgan fingerprint density at radius 2 is 1.82 bits per heavy atom. The highest BCUT2D eigenvalue weighted by Gasteiger charge is 2.43.